The number of aldehydes is 1. The molecule has 0 aliphatic rings. The van der Waals surface area contributed by atoms with E-state index in [1.54, 1.807) is 0 Å². The normalized spacial score (nSPS) is 10.5. The van der Waals surface area contributed by atoms with E-state index in [1.165, 1.54) is 0 Å². The van der Waals surface area contributed by atoms with Gasteiger partial charge in [0.15, 0.2) is 6.29 Å². The van der Waals surface area contributed by atoms with E-state index in [2.05, 4.69) is 4.98 Å². The molecule has 0 aromatic carbocycles. The lowest BCUT2D eigenvalue weighted by Crippen LogP contribution is -2.00. The van der Waals surface area contributed by atoms with Crippen molar-refractivity contribution in [1.82, 2.24) is 4.98 Å². The maximum atomic E-state index is 12.7. The Bertz CT molecular complexity index is 343. The minimum absolute atomic E-state index is 0.109. The van der Waals surface area contributed by atoms with Crippen molar-refractivity contribution < 1.29 is 18.0 Å². The van der Waals surface area contributed by atoms with Crippen LogP contribution in [0.3, 0.4) is 0 Å². The van der Waals surface area contributed by atoms with E-state index >= 15 is 0 Å². The number of pyridine rings is 1. The average Bonchev–Trinajstić information content (AvgIpc) is 2.01. The van der Waals surface area contributed by atoms with E-state index in [4.69, 9.17) is 11.6 Å². The average molecular weight is 210 g/mol. The van der Waals surface area contributed by atoms with Crippen molar-refractivity contribution in [3.63, 3.8) is 0 Å². The number of hydrogen-bond acceptors (Lipinski definition) is 2. The summed E-state index contributed by atoms with van der Waals surface area (Å²) in [6.07, 6.45) is -2.97. The summed E-state index contributed by atoms with van der Waals surface area (Å²) in [7, 11) is 0. The second-order valence-electron chi connectivity index (χ2n) is 2.16. The number of carbonyl (C=O) groups is 1. The first kappa shape index (κ1) is 9.98. The van der Waals surface area contributed by atoms with Crippen molar-refractivity contribution in [2.75, 3.05) is 0 Å². The van der Waals surface area contributed by atoms with Crippen molar-refractivity contribution in [3.8, 4) is 0 Å². The maximum Gasteiger partial charge on any atom is 0.268 e. The van der Waals surface area contributed by atoms with Crippen LogP contribution in [0, 0.1) is 5.95 Å². The summed E-state index contributed by atoms with van der Waals surface area (Å²) in [6.45, 7) is 0. The molecule has 0 bridgehead atoms. The molecule has 0 N–H and O–H groups in total. The molecule has 1 rings (SSSR count). The van der Waals surface area contributed by atoms with Crippen LogP contribution in [0.4, 0.5) is 13.2 Å². The highest BCUT2D eigenvalue weighted by Crippen LogP contribution is 2.25. The molecule has 13 heavy (non-hydrogen) atoms. The van der Waals surface area contributed by atoms with E-state index in [-0.39, 0.29) is 11.4 Å². The summed E-state index contributed by atoms with van der Waals surface area (Å²) in [4.78, 5) is 13.2. The molecule has 2 nitrogen and oxygen atoms in total. The molecular weight excluding hydrogens is 207 g/mol. The predicted octanol–water partition coefficient (Wildman–Crippen LogP) is 2.62. The summed E-state index contributed by atoms with van der Waals surface area (Å²) >= 11 is 5.25. The Labute approximate surface area is 76.3 Å². The molecule has 0 spiro atoms. The molecule has 1 aromatic rings. The van der Waals surface area contributed by atoms with Gasteiger partial charge in [-0.25, -0.2) is 13.8 Å². The minimum atomic E-state index is -3.08. The van der Waals surface area contributed by atoms with Gasteiger partial charge < -0.3 is 0 Å². The van der Waals surface area contributed by atoms with Crippen LogP contribution < -0.4 is 0 Å². The quantitative estimate of drug-likeness (QED) is 0.554. The molecular formula is C7H3ClF3NO. The first-order chi connectivity index (χ1) is 6.06. The molecule has 0 unspecified atom stereocenters. The van der Waals surface area contributed by atoms with Crippen molar-refractivity contribution in [3.05, 3.63) is 28.3 Å². The summed E-state index contributed by atoms with van der Waals surface area (Å²) in [5.41, 5.74) is -1.49. The summed E-state index contributed by atoms with van der Waals surface area (Å²) in [6, 6.07) is 0.888. The van der Waals surface area contributed by atoms with Crippen LogP contribution in [0.1, 0.15) is 22.3 Å². The SMILES string of the molecule is O=Cc1cc(Cl)nc(F)c1C(F)F. The van der Waals surface area contributed by atoms with Crippen molar-refractivity contribution >= 4 is 17.9 Å². The molecule has 0 aliphatic carbocycles. The number of carbonyl (C=O) groups excluding carboxylic acids is 1. The molecule has 6 heteroatoms. The fraction of sp³-hybridized carbons (Fsp3) is 0.143. The van der Waals surface area contributed by atoms with Gasteiger partial charge in [-0.05, 0) is 6.07 Å². The molecule has 1 aromatic heterocycles. The number of nitrogens with zero attached hydrogens (tertiary/aromatic N) is 1. The Kier molecular flexibility index (Phi) is 2.87. The summed E-state index contributed by atoms with van der Waals surface area (Å²) < 4.78 is 37.0. The number of hydrogen-bond donors (Lipinski definition) is 0. The van der Waals surface area contributed by atoms with Gasteiger partial charge in [-0.15, -0.1) is 0 Å². The van der Waals surface area contributed by atoms with Gasteiger partial charge >= 0.3 is 0 Å². The van der Waals surface area contributed by atoms with E-state index in [1.807, 2.05) is 0 Å². The van der Waals surface area contributed by atoms with Crippen molar-refractivity contribution in [2.24, 2.45) is 0 Å². The lowest BCUT2D eigenvalue weighted by Gasteiger charge is -2.03. The molecule has 1 heterocycles. The van der Waals surface area contributed by atoms with Gasteiger partial charge in [-0.2, -0.15) is 4.39 Å². The first-order valence-electron chi connectivity index (χ1n) is 3.15. The number of aromatic nitrogens is 1. The molecule has 0 amide bonds. The highest BCUT2D eigenvalue weighted by molar-refractivity contribution is 6.29. The van der Waals surface area contributed by atoms with Gasteiger partial charge in [0.2, 0.25) is 5.95 Å². The highest BCUT2D eigenvalue weighted by Gasteiger charge is 2.20. The summed E-state index contributed by atoms with van der Waals surface area (Å²) in [5, 5.41) is -0.330. The first-order valence-corrected chi connectivity index (χ1v) is 3.53. The van der Waals surface area contributed by atoms with Gasteiger partial charge in [-0.1, -0.05) is 11.6 Å². The fourth-order valence-corrected chi connectivity index (χ4v) is 1.02. The molecule has 0 fully saturated rings. The third kappa shape index (κ3) is 1.98. The zero-order valence-corrected chi connectivity index (χ0v) is 6.86. The smallest absolute Gasteiger partial charge is 0.268 e. The number of halogens is 4. The van der Waals surface area contributed by atoms with Gasteiger partial charge in [0.1, 0.15) is 5.15 Å². The number of rotatable bonds is 2. The van der Waals surface area contributed by atoms with Gasteiger partial charge in [0.25, 0.3) is 6.43 Å². The van der Waals surface area contributed by atoms with Crippen LogP contribution in [0.5, 0.6) is 0 Å². The van der Waals surface area contributed by atoms with Crippen LogP contribution in [-0.2, 0) is 0 Å². The standard InChI is InChI=1S/C7H3ClF3NO/c8-4-1-3(2-13)5(6(9)10)7(11)12-4/h1-2,6H. The molecule has 0 radical (unpaired) electrons. The molecule has 0 atom stereocenters. The van der Waals surface area contributed by atoms with E-state index < -0.39 is 23.5 Å². The van der Waals surface area contributed by atoms with Crippen LogP contribution in [0.25, 0.3) is 0 Å². The Balaban J connectivity index is 3.38. The van der Waals surface area contributed by atoms with Crippen molar-refractivity contribution in [1.29, 1.82) is 0 Å². The van der Waals surface area contributed by atoms with Gasteiger partial charge in [0.05, 0.1) is 5.56 Å². The van der Waals surface area contributed by atoms with E-state index in [9.17, 15) is 18.0 Å². The number of alkyl halides is 2. The minimum Gasteiger partial charge on any atom is -0.298 e. The Morgan fingerprint density at radius 1 is 1.54 bits per heavy atom. The van der Waals surface area contributed by atoms with Crippen LogP contribution in [0.15, 0.2) is 6.07 Å². The second kappa shape index (κ2) is 3.74. The highest BCUT2D eigenvalue weighted by atomic mass is 35.5. The fourth-order valence-electron chi connectivity index (χ4n) is 0.825. The van der Waals surface area contributed by atoms with Gasteiger partial charge in [0, 0.05) is 5.56 Å². The third-order valence-corrected chi connectivity index (χ3v) is 1.55. The lowest BCUT2D eigenvalue weighted by atomic mass is 10.1. The van der Waals surface area contributed by atoms with Crippen molar-refractivity contribution in [2.45, 2.75) is 6.43 Å². The van der Waals surface area contributed by atoms with E-state index in [0.29, 0.717) is 0 Å². The maximum absolute atomic E-state index is 12.7. The van der Waals surface area contributed by atoms with Gasteiger partial charge in [-0.3, -0.25) is 4.79 Å². The zero-order chi connectivity index (χ0) is 10.0. The third-order valence-electron chi connectivity index (χ3n) is 1.36. The molecule has 0 saturated carbocycles. The lowest BCUT2D eigenvalue weighted by molar-refractivity contribution is 0.110. The Hall–Kier alpha value is -1.10. The topological polar surface area (TPSA) is 30.0 Å². The molecule has 70 valence electrons. The summed E-state index contributed by atoms with van der Waals surface area (Å²) in [5.74, 6) is -1.41. The zero-order valence-electron chi connectivity index (χ0n) is 6.10. The van der Waals surface area contributed by atoms with Crippen LogP contribution >= 0.6 is 11.6 Å². The second-order valence-corrected chi connectivity index (χ2v) is 2.54. The largest absolute Gasteiger partial charge is 0.298 e. The molecule has 0 saturated heterocycles. The molecule has 0 aliphatic heterocycles. The monoisotopic (exact) mass is 209 g/mol. The van der Waals surface area contributed by atoms with E-state index in [0.717, 1.165) is 6.07 Å². The Morgan fingerprint density at radius 3 is 2.62 bits per heavy atom. The predicted molar refractivity (Wildman–Crippen MR) is 39.5 cm³/mol. The van der Waals surface area contributed by atoms with Crippen LogP contribution in [0.2, 0.25) is 5.15 Å². The van der Waals surface area contributed by atoms with Crippen LogP contribution in [-0.4, -0.2) is 11.3 Å². The Morgan fingerprint density at radius 2 is 2.15 bits per heavy atom.